The quantitative estimate of drug-likeness (QED) is 0.114. The molecule has 0 spiro atoms. The van der Waals surface area contributed by atoms with Crippen molar-refractivity contribution in [1.82, 2.24) is 15.0 Å². The lowest BCUT2D eigenvalue weighted by atomic mass is 9.94. The van der Waals surface area contributed by atoms with E-state index in [0.717, 1.165) is 49.9 Å². The van der Waals surface area contributed by atoms with Crippen LogP contribution in [0.3, 0.4) is 0 Å². The van der Waals surface area contributed by atoms with Crippen molar-refractivity contribution < 1.29 is 75.3 Å². The summed E-state index contributed by atoms with van der Waals surface area (Å²) in [6.07, 6.45) is -2.18. The van der Waals surface area contributed by atoms with Crippen LogP contribution in [0.1, 0.15) is 51.1 Å². The lowest BCUT2D eigenvalue weighted by molar-refractivity contribution is -0.440. The van der Waals surface area contributed by atoms with E-state index in [0.29, 0.717) is 6.42 Å². The fourth-order valence-corrected chi connectivity index (χ4v) is 4.88. The maximum absolute atomic E-state index is 15.1. The van der Waals surface area contributed by atoms with Gasteiger partial charge in [-0.2, -0.15) is 65.9 Å². The second kappa shape index (κ2) is 13.9. The van der Waals surface area contributed by atoms with Crippen LogP contribution in [-0.2, 0) is 5.92 Å². The third kappa shape index (κ3) is 7.23. The monoisotopic (exact) mass is 757 g/mol. The van der Waals surface area contributed by atoms with Gasteiger partial charge in [0, 0.05) is 18.0 Å². The fourth-order valence-electron chi connectivity index (χ4n) is 4.88. The summed E-state index contributed by atoms with van der Waals surface area (Å²) in [4.78, 5) is 12.1. The Balaban J connectivity index is 1.42. The first kappa shape index (κ1) is 39.8. The molecule has 0 bridgehead atoms. The van der Waals surface area contributed by atoms with E-state index in [-0.39, 0.29) is 34.8 Å². The van der Waals surface area contributed by atoms with Gasteiger partial charge in [0.05, 0.1) is 0 Å². The Labute approximate surface area is 279 Å². The van der Waals surface area contributed by atoms with Crippen LogP contribution >= 0.6 is 0 Å². The molecule has 1 aromatic carbocycles. The largest absolute Gasteiger partial charge is 0.487 e. The standard InChI is InChI=1S/C31H26F15N3O2/c1-2-3-4-5-6-7-22-26(34,35)23-21(51-22)13-12-20(49-23)24-47-14-18(15-48-24)17-8-10-19(11-9-17)50-16-25(32,33)27(36,37)28(38,39)29(40,41)30(42,43)31(44,45)46/h8-15,22H,2-7,16H2,1H3. The molecule has 0 N–H and O–H groups in total. The number of halogens is 15. The maximum atomic E-state index is 15.1. The van der Waals surface area contributed by atoms with Crippen molar-refractivity contribution in [1.29, 1.82) is 0 Å². The highest BCUT2D eigenvalue weighted by atomic mass is 19.4. The van der Waals surface area contributed by atoms with Crippen molar-refractivity contribution in [3.63, 3.8) is 0 Å². The summed E-state index contributed by atoms with van der Waals surface area (Å²) in [5.41, 5.74) is -0.219. The molecule has 0 aliphatic carbocycles. The van der Waals surface area contributed by atoms with E-state index < -0.39 is 65.9 Å². The Morgan fingerprint density at radius 1 is 0.686 bits per heavy atom. The first-order chi connectivity index (χ1) is 23.4. The van der Waals surface area contributed by atoms with Crippen LogP contribution in [0.15, 0.2) is 48.8 Å². The van der Waals surface area contributed by atoms with Gasteiger partial charge in [-0.25, -0.2) is 15.0 Å². The van der Waals surface area contributed by atoms with Gasteiger partial charge in [0.25, 0.3) is 0 Å². The Morgan fingerprint density at radius 3 is 1.82 bits per heavy atom. The number of hydrogen-bond donors (Lipinski definition) is 0. The smallest absolute Gasteiger partial charge is 0.460 e. The molecule has 0 radical (unpaired) electrons. The molecule has 4 rings (SSSR count). The third-order valence-electron chi connectivity index (χ3n) is 7.90. The molecule has 0 amide bonds. The Hall–Kier alpha value is -4.00. The van der Waals surface area contributed by atoms with Crippen molar-refractivity contribution in [2.45, 2.75) is 93.3 Å². The summed E-state index contributed by atoms with van der Waals surface area (Å²) in [6, 6.07) is 6.41. The predicted octanol–water partition coefficient (Wildman–Crippen LogP) is 10.5. The summed E-state index contributed by atoms with van der Waals surface area (Å²) in [7, 11) is 0. The number of aromatic nitrogens is 3. The highest BCUT2D eigenvalue weighted by molar-refractivity contribution is 5.64. The van der Waals surface area contributed by atoms with Crippen molar-refractivity contribution in [3.05, 3.63) is 54.5 Å². The van der Waals surface area contributed by atoms with E-state index >= 15 is 8.78 Å². The summed E-state index contributed by atoms with van der Waals surface area (Å²) in [5.74, 6) is -41.9. The van der Waals surface area contributed by atoms with Crippen LogP contribution in [0.2, 0.25) is 0 Å². The molecule has 0 saturated heterocycles. The van der Waals surface area contributed by atoms with Crippen molar-refractivity contribution >= 4 is 0 Å². The number of rotatable bonds is 15. The lowest BCUT2D eigenvalue weighted by Gasteiger charge is -2.39. The zero-order chi connectivity index (χ0) is 38.3. The molecule has 2 aromatic heterocycles. The molecule has 1 aliphatic heterocycles. The molecule has 1 aliphatic rings. The predicted molar refractivity (Wildman–Crippen MR) is 149 cm³/mol. The number of unbranched alkanes of at least 4 members (excludes halogenated alkanes) is 4. The minimum atomic E-state index is -8.00. The zero-order valence-electron chi connectivity index (χ0n) is 26.0. The van der Waals surface area contributed by atoms with Crippen LogP contribution < -0.4 is 9.47 Å². The number of benzene rings is 1. The van der Waals surface area contributed by atoms with Crippen LogP contribution in [-0.4, -0.2) is 63.5 Å². The van der Waals surface area contributed by atoms with E-state index in [1.165, 1.54) is 24.5 Å². The summed E-state index contributed by atoms with van der Waals surface area (Å²) >= 11 is 0. The average Bonchev–Trinajstić information content (AvgIpc) is 3.31. The van der Waals surface area contributed by atoms with E-state index in [4.69, 9.17) is 4.74 Å². The topological polar surface area (TPSA) is 57.1 Å². The molecule has 0 saturated carbocycles. The fraction of sp³-hybridized carbons (Fsp3) is 0.516. The molecule has 3 heterocycles. The van der Waals surface area contributed by atoms with Gasteiger partial charge in [-0.05, 0) is 42.7 Å². The Kier molecular flexibility index (Phi) is 10.8. The SMILES string of the molecule is CCCCCCCC1Oc2ccc(-c3ncc(-c4ccc(OCC(F)(F)C(F)(F)C(F)(F)C(F)(F)C(F)(F)C(F)(F)F)cc4)cn3)nc2C1(F)F. The molecule has 5 nitrogen and oxygen atoms in total. The van der Waals surface area contributed by atoms with E-state index in [9.17, 15) is 57.1 Å². The highest BCUT2D eigenvalue weighted by Gasteiger charge is 2.90. The van der Waals surface area contributed by atoms with E-state index in [1.54, 1.807) is 0 Å². The van der Waals surface area contributed by atoms with Crippen molar-refractivity contribution in [3.8, 4) is 34.1 Å². The van der Waals surface area contributed by atoms with Gasteiger partial charge in [-0.15, -0.1) is 0 Å². The highest BCUT2D eigenvalue weighted by Crippen LogP contribution is 2.60. The average molecular weight is 758 g/mol. The molecule has 282 valence electrons. The number of ether oxygens (including phenoxy) is 2. The maximum Gasteiger partial charge on any atom is 0.460 e. The van der Waals surface area contributed by atoms with Gasteiger partial charge >= 0.3 is 41.7 Å². The molecular weight excluding hydrogens is 731 g/mol. The van der Waals surface area contributed by atoms with Crippen LogP contribution in [0.25, 0.3) is 22.6 Å². The van der Waals surface area contributed by atoms with Gasteiger partial charge in [0.15, 0.2) is 24.2 Å². The minimum absolute atomic E-state index is 0.0286. The number of alkyl halides is 15. The second-order valence-corrected chi connectivity index (χ2v) is 11.6. The number of hydrogen-bond acceptors (Lipinski definition) is 5. The van der Waals surface area contributed by atoms with E-state index in [1.807, 2.05) is 6.92 Å². The summed E-state index contributed by atoms with van der Waals surface area (Å²) < 4.78 is 213. The van der Waals surface area contributed by atoms with E-state index in [2.05, 4.69) is 19.7 Å². The van der Waals surface area contributed by atoms with Gasteiger partial charge in [0.1, 0.15) is 17.2 Å². The molecule has 51 heavy (non-hydrogen) atoms. The normalized spacial score (nSPS) is 16.9. The second-order valence-electron chi connectivity index (χ2n) is 11.6. The van der Waals surface area contributed by atoms with Gasteiger partial charge in [-0.1, -0.05) is 44.7 Å². The zero-order valence-corrected chi connectivity index (χ0v) is 26.0. The van der Waals surface area contributed by atoms with Gasteiger partial charge < -0.3 is 9.47 Å². The molecule has 1 atom stereocenters. The Morgan fingerprint density at radius 2 is 1.25 bits per heavy atom. The Bertz CT molecular complexity index is 1650. The number of nitrogens with zero attached hydrogens (tertiary/aromatic N) is 3. The van der Waals surface area contributed by atoms with Crippen LogP contribution in [0.4, 0.5) is 65.9 Å². The molecule has 0 fully saturated rings. The molecule has 3 aromatic rings. The van der Waals surface area contributed by atoms with Gasteiger partial charge in [-0.3, -0.25) is 0 Å². The third-order valence-corrected chi connectivity index (χ3v) is 7.90. The first-order valence-electron chi connectivity index (χ1n) is 15.0. The van der Waals surface area contributed by atoms with Crippen molar-refractivity contribution in [2.75, 3.05) is 6.61 Å². The molecular formula is C31H26F15N3O2. The molecule has 1 unspecified atom stereocenters. The van der Waals surface area contributed by atoms with Crippen LogP contribution in [0.5, 0.6) is 11.5 Å². The van der Waals surface area contributed by atoms with Crippen LogP contribution in [0, 0.1) is 0 Å². The minimum Gasteiger partial charge on any atom is -0.487 e. The summed E-state index contributed by atoms with van der Waals surface area (Å²) in [5, 5.41) is 0. The van der Waals surface area contributed by atoms with Gasteiger partial charge in [0.2, 0.25) is 0 Å². The number of pyridine rings is 1. The molecule has 20 heteroatoms. The summed E-state index contributed by atoms with van der Waals surface area (Å²) in [6.45, 7) is -0.823. The first-order valence-corrected chi connectivity index (χ1v) is 15.0. The number of fused-ring (bicyclic) bond motifs is 1. The van der Waals surface area contributed by atoms with Crippen molar-refractivity contribution in [2.24, 2.45) is 0 Å². The lowest BCUT2D eigenvalue weighted by Crippen LogP contribution is -2.70.